The summed E-state index contributed by atoms with van der Waals surface area (Å²) in [6, 6.07) is 6.34. The third-order valence-corrected chi connectivity index (χ3v) is 2.63. The molecule has 2 rings (SSSR count). The number of rotatable bonds is 4. The van der Waals surface area contributed by atoms with Gasteiger partial charge >= 0.3 is 7.12 Å². The fourth-order valence-electron chi connectivity index (χ4n) is 1.63. The molecule has 0 fully saturated rings. The molecule has 7 heteroatoms. The van der Waals surface area contributed by atoms with Crippen molar-refractivity contribution >= 4 is 12.6 Å². The molecule has 0 bridgehead atoms. The molecule has 0 saturated carbocycles. The Hall–Kier alpha value is -1.99. The Bertz CT molecular complexity index is 620. The smallest absolute Gasteiger partial charge is 0.486 e. The Kier molecular flexibility index (Phi) is 4.31. The van der Waals surface area contributed by atoms with Gasteiger partial charge in [0.05, 0.1) is 0 Å². The molecule has 0 radical (unpaired) electrons. The maximum atomic E-state index is 13.3. The van der Waals surface area contributed by atoms with Crippen molar-refractivity contribution in [3.8, 4) is 5.75 Å². The predicted octanol–water partition coefficient (Wildman–Crippen LogP) is 1.36. The van der Waals surface area contributed by atoms with Gasteiger partial charge in [-0.1, -0.05) is 12.1 Å². The van der Waals surface area contributed by atoms with Gasteiger partial charge in [0.2, 0.25) is 0 Å². The van der Waals surface area contributed by atoms with Crippen molar-refractivity contribution in [2.75, 3.05) is 0 Å². The van der Waals surface area contributed by atoms with Gasteiger partial charge in [-0.2, -0.15) is 0 Å². The lowest BCUT2D eigenvalue weighted by Gasteiger charge is -2.09. The Morgan fingerprint density at radius 1 is 0.950 bits per heavy atom. The van der Waals surface area contributed by atoms with Crippen LogP contribution in [-0.4, -0.2) is 17.2 Å². The van der Waals surface area contributed by atoms with Crippen LogP contribution >= 0.6 is 0 Å². The molecule has 104 valence electrons. The van der Waals surface area contributed by atoms with Crippen LogP contribution in [0, 0.1) is 17.5 Å². The summed E-state index contributed by atoms with van der Waals surface area (Å²) in [5, 5.41) is 17.9. The average molecular weight is 282 g/mol. The minimum atomic E-state index is -1.96. The number of benzene rings is 2. The first kappa shape index (κ1) is 14.4. The summed E-state index contributed by atoms with van der Waals surface area (Å²) in [7, 11) is -1.96. The van der Waals surface area contributed by atoms with Gasteiger partial charge in [-0.15, -0.1) is 0 Å². The highest BCUT2D eigenvalue weighted by Gasteiger charge is 2.17. The van der Waals surface area contributed by atoms with E-state index in [0.717, 1.165) is 24.3 Å². The molecule has 0 aliphatic heterocycles. The van der Waals surface area contributed by atoms with E-state index in [1.54, 1.807) is 0 Å². The van der Waals surface area contributed by atoms with Crippen molar-refractivity contribution in [2.45, 2.75) is 6.61 Å². The normalized spacial score (nSPS) is 10.4. The summed E-state index contributed by atoms with van der Waals surface area (Å²) in [6.45, 7) is -0.166. The van der Waals surface area contributed by atoms with Crippen LogP contribution in [0.1, 0.15) is 5.56 Å². The molecule has 0 aliphatic carbocycles. The highest BCUT2D eigenvalue weighted by molar-refractivity contribution is 6.58. The van der Waals surface area contributed by atoms with E-state index >= 15 is 0 Å². The third-order valence-electron chi connectivity index (χ3n) is 2.63. The topological polar surface area (TPSA) is 49.7 Å². The van der Waals surface area contributed by atoms with Gasteiger partial charge in [0.15, 0.2) is 11.6 Å². The van der Waals surface area contributed by atoms with Crippen LogP contribution in [0.25, 0.3) is 0 Å². The standard InChI is InChI=1S/C13H10BF3O3/c15-9-2-4-12(17)13(6-9)20-7-8-1-3-11(16)10(5-8)14(18)19/h1-6,18-19H,7H2. The first-order valence-corrected chi connectivity index (χ1v) is 5.69. The minimum Gasteiger partial charge on any atom is -0.486 e. The molecule has 0 heterocycles. The van der Waals surface area contributed by atoms with Gasteiger partial charge in [-0.05, 0) is 23.8 Å². The summed E-state index contributed by atoms with van der Waals surface area (Å²) >= 11 is 0. The molecule has 2 aromatic carbocycles. The van der Waals surface area contributed by atoms with Crippen molar-refractivity contribution in [1.82, 2.24) is 0 Å². The van der Waals surface area contributed by atoms with Gasteiger partial charge in [0.25, 0.3) is 0 Å². The van der Waals surface area contributed by atoms with Crippen molar-refractivity contribution in [3.63, 3.8) is 0 Å². The zero-order valence-corrected chi connectivity index (χ0v) is 10.2. The van der Waals surface area contributed by atoms with E-state index in [2.05, 4.69) is 0 Å². The summed E-state index contributed by atoms with van der Waals surface area (Å²) in [5.74, 6) is -2.43. The molecule has 0 atom stereocenters. The Labute approximate surface area is 113 Å². The van der Waals surface area contributed by atoms with E-state index < -0.39 is 24.6 Å². The molecular formula is C13H10BF3O3. The van der Waals surface area contributed by atoms with Crippen molar-refractivity contribution in [1.29, 1.82) is 0 Å². The lowest BCUT2D eigenvalue weighted by molar-refractivity contribution is 0.288. The number of ether oxygens (including phenoxy) is 1. The lowest BCUT2D eigenvalue weighted by atomic mass is 9.79. The van der Waals surface area contributed by atoms with Crippen LogP contribution in [0.4, 0.5) is 13.2 Å². The van der Waals surface area contributed by atoms with Gasteiger partial charge in [0.1, 0.15) is 18.2 Å². The maximum absolute atomic E-state index is 13.3. The molecule has 2 N–H and O–H groups in total. The molecule has 20 heavy (non-hydrogen) atoms. The van der Waals surface area contributed by atoms with Crippen LogP contribution in [0.2, 0.25) is 0 Å². The summed E-state index contributed by atoms with van der Waals surface area (Å²) in [4.78, 5) is 0. The second kappa shape index (κ2) is 5.98. The third kappa shape index (κ3) is 3.31. The van der Waals surface area contributed by atoms with Gasteiger partial charge in [-0.3, -0.25) is 0 Å². The van der Waals surface area contributed by atoms with Gasteiger partial charge < -0.3 is 14.8 Å². The first-order chi connectivity index (χ1) is 9.47. The monoisotopic (exact) mass is 282 g/mol. The molecule has 0 spiro atoms. The molecule has 0 aliphatic rings. The first-order valence-electron chi connectivity index (χ1n) is 5.69. The summed E-state index contributed by atoms with van der Waals surface area (Å²) < 4.78 is 44.6. The highest BCUT2D eigenvalue weighted by Crippen LogP contribution is 2.19. The number of halogens is 3. The second-order valence-corrected chi connectivity index (χ2v) is 4.09. The molecular weight excluding hydrogens is 272 g/mol. The van der Waals surface area contributed by atoms with Crippen LogP contribution in [0.5, 0.6) is 5.75 Å². The predicted molar refractivity (Wildman–Crippen MR) is 66.9 cm³/mol. The average Bonchev–Trinajstić information content (AvgIpc) is 2.41. The largest absolute Gasteiger partial charge is 0.491 e. The van der Waals surface area contributed by atoms with Crippen LogP contribution in [0.3, 0.4) is 0 Å². The van der Waals surface area contributed by atoms with E-state index in [1.807, 2.05) is 0 Å². The van der Waals surface area contributed by atoms with E-state index in [9.17, 15) is 13.2 Å². The molecule has 3 nitrogen and oxygen atoms in total. The van der Waals surface area contributed by atoms with Gasteiger partial charge in [-0.25, -0.2) is 13.2 Å². The van der Waals surface area contributed by atoms with Crippen molar-refractivity contribution < 1.29 is 28.0 Å². The quantitative estimate of drug-likeness (QED) is 0.832. The fraction of sp³-hybridized carbons (Fsp3) is 0.0769. The SMILES string of the molecule is OB(O)c1cc(COc2cc(F)ccc2F)ccc1F. The van der Waals surface area contributed by atoms with E-state index in [1.165, 1.54) is 12.1 Å². The number of hydrogen-bond acceptors (Lipinski definition) is 3. The second-order valence-electron chi connectivity index (χ2n) is 4.09. The summed E-state index contributed by atoms with van der Waals surface area (Å²) in [5.41, 5.74) is 0.0731. The van der Waals surface area contributed by atoms with Gasteiger partial charge in [0, 0.05) is 11.5 Å². The zero-order chi connectivity index (χ0) is 14.7. The molecule has 2 aromatic rings. The van der Waals surface area contributed by atoms with Crippen LogP contribution in [-0.2, 0) is 6.61 Å². The lowest BCUT2D eigenvalue weighted by Crippen LogP contribution is -2.33. The zero-order valence-electron chi connectivity index (χ0n) is 10.2. The number of hydrogen-bond donors (Lipinski definition) is 2. The Balaban J connectivity index is 2.15. The molecule has 0 unspecified atom stereocenters. The maximum Gasteiger partial charge on any atom is 0.491 e. The fourth-order valence-corrected chi connectivity index (χ4v) is 1.63. The van der Waals surface area contributed by atoms with Crippen molar-refractivity contribution in [3.05, 3.63) is 59.4 Å². The van der Waals surface area contributed by atoms with E-state index in [0.29, 0.717) is 5.56 Å². The van der Waals surface area contributed by atoms with E-state index in [-0.39, 0.29) is 17.8 Å². The summed E-state index contributed by atoms with van der Waals surface area (Å²) in [6.07, 6.45) is 0. The molecule has 0 amide bonds. The van der Waals surface area contributed by atoms with Crippen LogP contribution < -0.4 is 10.2 Å². The van der Waals surface area contributed by atoms with Crippen molar-refractivity contribution in [2.24, 2.45) is 0 Å². The van der Waals surface area contributed by atoms with Crippen LogP contribution in [0.15, 0.2) is 36.4 Å². The Morgan fingerprint density at radius 3 is 2.35 bits per heavy atom. The van der Waals surface area contributed by atoms with E-state index in [4.69, 9.17) is 14.8 Å². The molecule has 0 aromatic heterocycles. The minimum absolute atomic E-state index is 0.166. The highest BCUT2D eigenvalue weighted by atomic mass is 19.1. The molecule has 0 saturated heterocycles. The Morgan fingerprint density at radius 2 is 1.65 bits per heavy atom.